The van der Waals surface area contributed by atoms with Gasteiger partial charge in [-0.15, -0.1) is 0 Å². The fraction of sp³-hybridized carbons (Fsp3) is 0.727. The molecule has 0 saturated heterocycles. The minimum atomic E-state index is -1.39. The molecule has 2 atom stereocenters. The Hall–Kier alpha value is -1.26. The highest BCUT2D eigenvalue weighted by Gasteiger charge is 2.18. The van der Waals surface area contributed by atoms with Crippen LogP contribution in [0.4, 0.5) is 0 Å². The molecule has 0 spiro atoms. The summed E-state index contributed by atoms with van der Waals surface area (Å²) in [5.74, 6) is -0.965. The third-order valence-corrected chi connectivity index (χ3v) is 2.95. The van der Waals surface area contributed by atoms with Crippen molar-refractivity contribution in [2.24, 2.45) is 0 Å². The van der Waals surface area contributed by atoms with E-state index in [0.717, 1.165) is 0 Å². The monoisotopic (exact) mass is 306 g/mol. The summed E-state index contributed by atoms with van der Waals surface area (Å²) in [5.41, 5.74) is 0. The van der Waals surface area contributed by atoms with Gasteiger partial charge in [0.05, 0.1) is 25.7 Å². The molecule has 114 valence electrons. The maximum absolute atomic E-state index is 10.9. The molecule has 0 saturated carbocycles. The second-order valence-corrected chi connectivity index (χ2v) is 5.03. The first-order chi connectivity index (χ1) is 9.49. The topological polar surface area (TPSA) is 107 Å². The molecule has 0 aliphatic heterocycles. The molecular formula is C11H19N2O6P. The van der Waals surface area contributed by atoms with E-state index in [9.17, 15) is 9.59 Å². The van der Waals surface area contributed by atoms with Crippen LogP contribution in [0.2, 0.25) is 0 Å². The second-order valence-electron chi connectivity index (χ2n) is 3.55. The highest BCUT2D eigenvalue weighted by atomic mass is 31.2. The average molecular weight is 306 g/mol. The lowest BCUT2D eigenvalue weighted by molar-refractivity contribution is -0.158. The fourth-order valence-corrected chi connectivity index (χ4v) is 1.94. The van der Waals surface area contributed by atoms with Crippen molar-refractivity contribution in [1.29, 1.82) is 5.26 Å². The quantitative estimate of drug-likeness (QED) is 0.360. The van der Waals surface area contributed by atoms with Crippen molar-refractivity contribution in [1.82, 2.24) is 5.09 Å². The molecule has 0 fully saturated rings. The minimum absolute atomic E-state index is 0.0198. The van der Waals surface area contributed by atoms with Crippen molar-refractivity contribution in [3.63, 3.8) is 0 Å². The molecule has 9 heteroatoms. The fourth-order valence-electron chi connectivity index (χ4n) is 1.05. The zero-order chi connectivity index (χ0) is 15.4. The van der Waals surface area contributed by atoms with Gasteiger partial charge in [-0.3, -0.25) is 14.7 Å². The van der Waals surface area contributed by atoms with Gasteiger partial charge in [0.15, 0.2) is 6.10 Å². The second kappa shape index (κ2) is 11.6. The summed E-state index contributed by atoms with van der Waals surface area (Å²) in [6.07, 6.45) is -0.445. The van der Waals surface area contributed by atoms with Crippen molar-refractivity contribution in [3.8, 4) is 6.07 Å². The molecule has 0 heterocycles. The smallest absolute Gasteiger partial charge is 0.303 e. The summed E-state index contributed by atoms with van der Waals surface area (Å²) in [7, 11) is 0.257. The van der Waals surface area contributed by atoms with Crippen LogP contribution in [0.25, 0.3) is 0 Å². The number of nitriles is 1. The number of nitrogens with one attached hydrogen (secondary N) is 1. The van der Waals surface area contributed by atoms with E-state index in [4.69, 9.17) is 23.8 Å². The van der Waals surface area contributed by atoms with Gasteiger partial charge in [-0.05, 0) is 7.05 Å². The van der Waals surface area contributed by atoms with Crippen LogP contribution < -0.4 is 5.09 Å². The molecule has 0 aliphatic carbocycles. The number of carbonyl (C=O) groups is 2. The molecule has 0 aliphatic rings. The van der Waals surface area contributed by atoms with Gasteiger partial charge in [0.25, 0.3) is 8.53 Å². The molecular weight excluding hydrogens is 287 g/mol. The van der Waals surface area contributed by atoms with E-state index in [1.165, 1.54) is 13.8 Å². The normalized spacial score (nSPS) is 13.1. The average Bonchev–Trinajstić information content (AvgIpc) is 2.38. The summed E-state index contributed by atoms with van der Waals surface area (Å²) in [4.78, 5) is 21.7. The van der Waals surface area contributed by atoms with Crippen molar-refractivity contribution in [2.45, 2.75) is 26.4 Å². The van der Waals surface area contributed by atoms with Crippen LogP contribution in [-0.4, -0.2) is 44.9 Å². The summed E-state index contributed by atoms with van der Waals surface area (Å²) in [6.45, 7) is 2.69. The third-order valence-electron chi connectivity index (χ3n) is 1.79. The van der Waals surface area contributed by atoms with Crippen LogP contribution in [0, 0.1) is 11.3 Å². The van der Waals surface area contributed by atoms with Crippen LogP contribution in [0.1, 0.15) is 20.3 Å². The SMILES string of the molecule is CNP(OCCC#N)OC[C@@H](COC(C)=O)OC(C)=O. The van der Waals surface area contributed by atoms with Crippen LogP contribution in [0.3, 0.4) is 0 Å². The molecule has 0 aromatic rings. The Morgan fingerprint density at radius 1 is 1.25 bits per heavy atom. The zero-order valence-corrected chi connectivity index (χ0v) is 12.6. The van der Waals surface area contributed by atoms with Gasteiger partial charge in [0.2, 0.25) is 0 Å². The largest absolute Gasteiger partial charge is 0.462 e. The Labute approximate surface area is 119 Å². The Balaban J connectivity index is 4.15. The maximum atomic E-state index is 10.9. The Kier molecular flexibility index (Phi) is 10.8. The van der Waals surface area contributed by atoms with Gasteiger partial charge in [0, 0.05) is 13.8 Å². The zero-order valence-electron chi connectivity index (χ0n) is 11.7. The molecule has 0 aromatic heterocycles. The Morgan fingerprint density at radius 2 is 1.95 bits per heavy atom. The first kappa shape index (κ1) is 18.7. The minimum Gasteiger partial charge on any atom is -0.462 e. The molecule has 0 bridgehead atoms. The number of nitrogens with zero attached hydrogens (tertiary/aromatic N) is 1. The number of rotatable bonds is 10. The van der Waals surface area contributed by atoms with Gasteiger partial charge in [-0.2, -0.15) is 5.26 Å². The number of ether oxygens (including phenoxy) is 2. The molecule has 1 unspecified atom stereocenters. The van der Waals surface area contributed by atoms with Gasteiger partial charge in [0.1, 0.15) is 6.61 Å². The number of hydrogen-bond acceptors (Lipinski definition) is 8. The lowest BCUT2D eigenvalue weighted by Gasteiger charge is -2.20. The van der Waals surface area contributed by atoms with E-state index in [-0.39, 0.29) is 26.2 Å². The van der Waals surface area contributed by atoms with Crippen LogP contribution in [0.5, 0.6) is 0 Å². The van der Waals surface area contributed by atoms with Crippen LogP contribution in [-0.2, 0) is 28.1 Å². The molecule has 1 N–H and O–H groups in total. The number of hydrogen-bond donors (Lipinski definition) is 1. The van der Waals surface area contributed by atoms with Crippen LogP contribution >= 0.6 is 8.53 Å². The lowest BCUT2D eigenvalue weighted by Crippen LogP contribution is -2.28. The van der Waals surface area contributed by atoms with Crippen molar-refractivity contribution >= 4 is 20.5 Å². The molecule has 8 nitrogen and oxygen atoms in total. The Bertz CT molecular complexity index is 346. The maximum Gasteiger partial charge on any atom is 0.303 e. The van der Waals surface area contributed by atoms with Crippen molar-refractivity contribution in [3.05, 3.63) is 0 Å². The summed E-state index contributed by atoms with van der Waals surface area (Å²) in [5, 5.41) is 11.2. The highest BCUT2D eigenvalue weighted by Crippen LogP contribution is 2.32. The predicted octanol–water partition coefficient (Wildman–Crippen LogP) is 0.874. The van der Waals surface area contributed by atoms with E-state index in [1.807, 2.05) is 6.07 Å². The first-order valence-electron chi connectivity index (χ1n) is 5.90. The highest BCUT2D eigenvalue weighted by molar-refractivity contribution is 7.44. The van der Waals surface area contributed by atoms with Gasteiger partial charge in [-0.25, -0.2) is 0 Å². The third kappa shape index (κ3) is 10.6. The summed E-state index contributed by atoms with van der Waals surface area (Å²) >= 11 is 0. The number of carbonyl (C=O) groups excluding carboxylic acids is 2. The van der Waals surface area contributed by atoms with E-state index in [1.54, 1.807) is 7.05 Å². The van der Waals surface area contributed by atoms with Crippen molar-refractivity contribution in [2.75, 3.05) is 26.9 Å². The molecule has 0 amide bonds. The van der Waals surface area contributed by atoms with E-state index >= 15 is 0 Å². The van der Waals surface area contributed by atoms with E-state index < -0.39 is 26.6 Å². The van der Waals surface area contributed by atoms with Gasteiger partial charge < -0.3 is 18.5 Å². The molecule has 0 radical (unpaired) electrons. The standard InChI is InChI=1S/C11H19N2O6P/c1-9(14)16-7-11(19-10(2)15)8-18-20(13-3)17-6-4-5-12/h11,13H,4,6-8H2,1-3H3/t11-,20?/m1/s1. The van der Waals surface area contributed by atoms with E-state index in [2.05, 4.69) is 5.09 Å². The predicted molar refractivity (Wildman–Crippen MR) is 70.3 cm³/mol. The summed E-state index contributed by atoms with van der Waals surface area (Å²) < 4.78 is 20.4. The molecule has 0 rings (SSSR count). The molecule has 20 heavy (non-hydrogen) atoms. The molecule has 0 aromatic carbocycles. The van der Waals surface area contributed by atoms with Crippen LogP contribution in [0.15, 0.2) is 0 Å². The van der Waals surface area contributed by atoms with Gasteiger partial charge in [-0.1, -0.05) is 0 Å². The summed E-state index contributed by atoms with van der Waals surface area (Å²) in [6, 6.07) is 1.95. The lowest BCUT2D eigenvalue weighted by atomic mass is 10.4. The Morgan fingerprint density at radius 3 is 2.45 bits per heavy atom. The first-order valence-corrected chi connectivity index (χ1v) is 7.08. The van der Waals surface area contributed by atoms with Crippen molar-refractivity contribution < 1.29 is 28.1 Å². The van der Waals surface area contributed by atoms with E-state index in [0.29, 0.717) is 0 Å². The number of esters is 2. The van der Waals surface area contributed by atoms with Gasteiger partial charge >= 0.3 is 11.9 Å².